The SMILES string of the molecule is Cc1ccccc1N1C2=[N+](CCCCC2)CC1(O)c1ccc(Br)cc1.[Br-]. The van der Waals surface area contributed by atoms with Crippen LogP contribution in [0.15, 0.2) is 53.0 Å². The second-order valence-electron chi connectivity index (χ2n) is 7.09. The number of anilines is 1. The Balaban J connectivity index is 0.00000196. The zero-order valence-electron chi connectivity index (χ0n) is 15.0. The number of rotatable bonds is 2. The molecule has 0 aliphatic carbocycles. The van der Waals surface area contributed by atoms with Crippen molar-refractivity contribution in [1.82, 2.24) is 0 Å². The molecule has 0 bridgehead atoms. The molecule has 2 aromatic rings. The summed E-state index contributed by atoms with van der Waals surface area (Å²) in [5.41, 5.74) is 2.21. The lowest BCUT2D eigenvalue weighted by atomic mass is 9.99. The van der Waals surface area contributed by atoms with Crippen molar-refractivity contribution in [3.63, 3.8) is 0 Å². The van der Waals surface area contributed by atoms with Crippen LogP contribution in [-0.2, 0) is 5.72 Å². The van der Waals surface area contributed by atoms with Crippen LogP contribution in [0.3, 0.4) is 0 Å². The molecule has 0 saturated carbocycles. The summed E-state index contributed by atoms with van der Waals surface area (Å²) >= 11 is 3.50. The summed E-state index contributed by atoms with van der Waals surface area (Å²) in [5.74, 6) is 1.26. The average molecular weight is 480 g/mol. The Labute approximate surface area is 174 Å². The van der Waals surface area contributed by atoms with E-state index < -0.39 is 5.72 Å². The van der Waals surface area contributed by atoms with Gasteiger partial charge in [-0.2, -0.15) is 4.90 Å². The third-order valence-corrected chi connectivity index (χ3v) is 5.92. The van der Waals surface area contributed by atoms with E-state index in [4.69, 9.17) is 0 Å². The molecule has 0 aromatic heterocycles. The fraction of sp³-hybridized carbons (Fsp3) is 0.381. The normalized spacial score (nSPS) is 22.7. The number of hydrogen-bond acceptors (Lipinski definition) is 2. The molecule has 0 saturated heterocycles. The van der Waals surface area contributed by atoms with Gasteiger partial charge in [0.25, 0.3) is 11.6 Å². The van der Waals surface area contributed by atoms with Crippen LogP contribution < -0.4 is 21.9 Å². The summed E-state index contributed by atoms with van der Waals surface area (Å²) < 4.78 is 3.42. The summed E-state index contributed by atoms with van der Waals surface area (Å²) in [6.45, 7) is 3.77. The largest absolute Gasteiger partial charge is 1.00 e. The molecule has 1 atom stereocenters. The van der Waals surface area contributed by atoms with Crippen LogP contribution in [0.25, 0.3) is 0 Å². The van der Waals surface area contributed by atoms with Crippen LogP contribution in [0.4, 0.5) is 5.69 Å². The minimum Gasteiger partial charge on any atom is -1.00 e. The quantitative estimate of drug-likeness (QED) is 0.659. The maximum Gasteiger partial charge on any atom is 0.275 e. The number of aliphatic hydroxyl groups is 1. The van der Waals surface area contributed by atoms with E-state index in [-0.39, 0.29) is 17.0 Å². The fourth-order valence-electron chi connectivity index (χ4n) is 4.11. The fourth-order valence-corrected chi connectivity index (χ4v) is 4.38. The Kier molecular flexibility index (Phi) is 5.90. The van der Waals surface area contributed by atoms with Crippen molar-refractivity contribution in [1.29, 1.82) is 0 Å². The van der Waals surface area contributed by atoms with Crippen molar-refractivity contribution in [2.75, 3.05) is 18.0 Å². The predicted octanol–water partition coefficient (Wildman–Crippen LogP) is 1.41. The van der Waals surface area contributed by atoms with Gasteiger partial charge in [0.2, 0.25) is 0 Å². The number of para-hydroxylation sites is 1. The maximum absolute atomic E-state index is 11.9. The van der Waals surface area contributed by atoms with Crippen LogP contribution in [0, 0.1) is 6.92 Å². The molecule has 0 spiro atoms. The first-order chi connectivity index (χ1) is 12.1. The highest BCUT2D eigenvalue weighted by molar-refractivity contribution is 9.10. The monoisotopic (exact) mass is 478 g/mol. The molecule has 2 aromatic carbocycles. The van der Waals surface area contributed by atoms with E-state index in [0.717, 1.165) is 28.7 Å². The second kappa shape index (κ2) is 7.83. The van der Waals surface area contributed by atoms with Gasteiger partial charge in [-0.1, -0.05) is 46.3 Å². The number of amidine groups is 1. The molecule has 5 heteroatoms. The molecule has 0 fully saturated rings. The van der Waals surface area contributed by atoms with Crippen molar-refractivity contribution in [2.45, 2.75) is 38.3 Å². The molecule has 0 amide bonds. The van der Waals surface area contributed by atoms with Crippen LogP contribution >= 0.6 is 15.9 Å². The molecule has 4 rings (SSSR count). The van der Waals surface area contributed by atoms with E-state index in [2.05, 4.69) is 56.6 Å². The minimum atomic E-state index is -1.03. The minimum absolute atomic E-state index is 0. The van der Waals surface area contributed by atoms with Crippen LogP contribution in [-0.4, -0.2) is 28.6 Å². The van der Waals surface area contributed by atoms with Gasteiger partial charge < -0.3 is 22.1 Å². The lowest BCUT2D eigenvalue weighted by molar-refractivity contribution is -0.534. The average Bonchev–Trinajstić information content (AvgIpc) is 2.74. The van der Waals surface area contributed by atoms with Crippen LogP contribution in [0.5, 0.6) is 0 Å². The first-order valence-corrected chi connectivity index (χ1v) is 9.84. The Morgan fingerprint density at radius 3 is 2.50 bits per heavy atom. The topological polar surface area (TPSA) is 26.5 Å². The lowest BCUT2D eigenvalue weighted by Crippen LogP contribution is -3.00. The molecule has 2 heterocycles. The van der Waals surface area contributed by atoms with Crippen LogP contribution in [0.2, 0.25) is 0 Å². The third kappa shape index (κ3) is 3.37. The number of benzene rings is 2. The van der Waals surface area contributed by atoms with Gasteiger partial charge in [-0.3, -0.25) is 4.58 Å². The van der Waals surface area contributed by atoms with Gasteiger partial charge in [-0.05, 0) is 49.9 Å². The number of nitrogens with zero attached hydrogens (tertiary/aromatic N) is 2. The van der Waals surface area contributed by atoms with E-state index >= 15 is 0 Å². The second-order valence-corrected chi connectivity index (χ2v) is 8.01. The van der Waals surface area contributed by atoms with Gasteiger partial charge in [0.15, 0.2) is 6.54 Å². The summed E-state index contributed by atoms with van der Waals surface area (Å²) in [6, 6.07) is 16.4. The summed E-state index contributed by atoms with van der Waals surface area (Å²) in [4.78, 5) is 2.19. The molecule has 138 valence electrons. The number of hydrogen-bond donors (Lipinski definition) is 1. The summed E-state index contributed by atoms with van der Waals surface area (Å²) in [5, 5.41) is 11.9. The first kappa shape index (κ1) is 19.6. The zero-order valence-corrected chi connectivity index (χ0v) is 18.1. The molecular weight excluding hydrogens is 456 g/mol. The van der Waals surface area contributed by atoms with Crippen molar-refractivity contribution < 1.29 is 26.7 Å². The highest BCUT2D eigenvalue weighted by Gasteiger charge is 2.54. The number of aryl methyl sites for hydroxylation is 1. The first-order valence-electron chi connectivity index (χ1n) is 9.05. The van der Waals surface area contributed by atoms with E-state index in [9.17, 15) is 5.11 Å². The Morgan fingerprint density at radius 1 is 1.04 bits per heavy atom. The van der Waals surface area contributed by atoms with E-state index in [0.29, 0.717) is 6.54 Å². The summed E-state index contributed by atoms with van der Waals surface area (Å²) in [7, 11) is 0. The van der Waals surface area contributed by atoms with Gasteiger partial charge >= 0.3 is 0 Å². The van der Waals surface area contributed by atoms with E-state index in [1.54, 1.807) is 0 Å². The van der Waals surface area contributed by atoms with Crippen molar-refractivity contribution in [2.24, 2.45) is 0 Å². The standard InChI is InChI=1S/C21H24BrN2O.BrH/c1-16-7-4-5-8-19(16)24-20-9-3-2-6-14-23(20)15-21(24,25)17-10-12-18(22)13-11-17;/h4-5,7-8,10-13,25H,2-3,6,9,14-15H2,1H3;1H/q+1;/p-1. The van der Waals surface area contributed by atoms with Crippen molar-refractivity contribution >= 4 is 27.5 Å². The third-order valence-electron chi connectivity index (χ3n) is 5.40. The molecule has 1 unspecified atom stereocenters. The van der Waals surface area contributed by atoms with Gasteiger partial charge in [-0.15, -0.1) is 0 Å². The highest BCUT2D eigenvalue weighted by Crippen LogP contribution is 2.39. The molecule has 2 aliphatic heterocycles. The Morgan fingerprint density at radius 2 is 1.77 bits per heavy atom. The Hall–Kier alpha value is -1.17. The van der Waals surface area contributed by atoms with Gasteiger partial charge in [0.1, 0.15) is 5.69 Å². The molecule has 3 nitrogen and oxygen atoms in total. The predicted molar refractivity (Wildman–Crippen MR) is 105 cm³/mol. The van der Waals surface area contributed by atoms with Crippen LogP contribution in [0.1, 0.15) is 36.8 Å². The lowest BCUT2D eigenvalue weighted by Gasteiger charge is -2.30. The number of halogens is 2. The van der Waals surface area contributed by atoms with E-state index in [1.807, 2.05) is 24.3 Å². The molecular formula is C21H24Br2N2O. The Bertz CT molecular complexity index is 819. The van der Waals surface area contributed by atoms with E-state index in [1.165, 1.54) is 30.7 Å². The van der Waals surface area contributed by atoms with Gasteiger partial charge in [0, 0.05) is 16.5 Å². The molecule has 26 heavy (non-hydrogen) atoms. The zero-order chi connectivity index (χ0) is 17.4. The van der Waals surface area contributed by atoms with Gasteiger partial charge in [0.05, 0.1) is 6.54 Å². The van der Waals surface area contributed by atoms with Crippen molar-refractivity contribution in [3.8, 4) is 0 Å². The summed E-state index contributed by atoms with van der Waals surface area (Å²) in [6.07, 6.45) is 4.66. The molecule has 1 N–H and O–H groups in total. The molecule has 0 radical (unpaired) electrons. The van der Waals surface area contributed by atoms with Gasteiger partial charge in [-0.25, -0.2) is 0 Å². The molecule has 2 aliphatic rings. The smallest absolute Gasteiger partial charge is 0.275 e. The highest BCUT2D eigenvalue weighted by atomic mass is 79.9. The van der Waals surface area contributed by atoms with Crippen molar-refractivity contribution in [3.05, 3.63) is 64.1 Å². The maximum atomic E-state index is 11.9.